The number of aliphatic hydroxyl groups excluding tert-OH is 1. The minimum atomic E-state index is 0.213. The number of nitrogens with zero attached hydrogens (tertiary/aromatic N) is 4. The quantitative estimate of drug-likeness (QED) is 0.621. The highest BCUT2D eigenvalue weighted by molar-refractivity contribution is 5.75. The van der Waals surface area contributed by atoms with Crippen LogP contribution in [-0.4, -0.2) is 63.3 Å². The average molecular weight is 409 g/mol. The first-order chi connectivity index (χ1) is 14.7. The van der Waals surface area contributed by atoms with Crippen molar-refractivity contribution in [2.45, 2.75) is 32.5 Å². The predicted molar refractivity (Wildman–Crippen MR) is 120 cm³/mol. The van der Waals surface area contributed by atoms with Crippen molar-refractivity contribution in [2.24, 2.45) is 7.05 Å². The molecule has 2 heterocycles. The highest BCUT2D eigenvalue weighted by Crippen LogP contribution is 2.21. The molecule has 1 aliphatic heterocycles. The third-order valence-electron chi connectivity index (χ3n) is 6.02. The smallest absolute Gasteiger partial charge is 0.123 e. The fourth-order valence-electron chi connectivity index (χ4n) is 4.36. The van der Waals surface area contributed by atoms with E-state index in [4.69, 9.17) is 9.72 Å². The second-order valence-electron chi connectivity index (χ2n) is 8.02. The molecule has 2 aromatic carbocycles. The summed E-state index contributed by atoms with van der Waals surface area (Å²) in [6.45, 7) is 7.57. The van der Waals surface area contributed by atoms with Gasteiger partial charge in [-0.3, -0.25) is 9.80 Å². The van der Waals surface area contributed by atoms with E-state index in [-0.39, 0.29) is 6.61 Å². The summed E-state index contributed by atoms with van der Waals surface area (Å²) < 4.78 is 7.75. The van der Waals surface area contributed by atoms with Crippen molar-refractivity contribution in [3.8, 4) is 5.75 Å². The molecule has 6 heteroatoms. The van der Waals surface area contributed by atoms with Crippen molar-refractivity contribution in [3.63, 3.8) is 0 Å². The second kappa shape index (κ2) is 9.60. The van der Waals surface area contributed by atoms with Crippen LogP contribution in [0.3, 0.4) is 0 Å². The number of ether oxygens (including phenoxy) is 1. The summed E-state index contributed by atoms with van der Waals surface area (Å²) in [6.07, 6.45) is 0.788. The third-order valence-corrected chi connectivity index (χ3v) is 6.02. The van der Waals surface area contributed by atoms with Crippen molar-refractivity contribution in [2.75, 3.05) is 32.8 Å². The Morgan fingerprint density at radius 2 is 1.87 bits per heavy atom. The van der Waals surface area contributed by atoms with Gasteiger partial charge in [0, 0.05) is 45.9 Å². The van der Waals surface area contributed by atoms with Crippen LogP contribution in [0, 0.1) is 0 Å². The molecule has 1 aliphatic rings. The predicted octanol–water partition coefficient (Wildman–Crippen LogP) is 3.04. The molecule has 0 aliphatic carbocycles. The number of fused-ring (bicyclic) bond motifs is 1. The highest BCUT2D eigenvalue weighted by atomic mass is 16.5. The van der Waals surface area contributed by atoms with E-state index < -0.39 is 0 Å². The first kappa shape index (κ1) is 20.8. The van der Waals surface area contributed by atoms with E-state index in [1.165, 1.54) is 11.1 Å². The number of hydrogen-bond acceptors (Lipinski definition) is 5. The molecule has 30 heavy (non-hydrogen) atoms. The van der Waals surface area contributed by atoms with Crippen LogP contribution in [0.1, 0.15) is 24.7 Å². The molecule has 160 valence electrons. The number of para-hydroxylation sites is 2. The summed E-state index contributed by atoms with van der Waals surface area (Å²) in [4.78, 5) is 9.80. The molecule has 1 unspecified atom stereocenters. The maximum atomic E-state index is 9.64. The Balaban J connectivity index is 1.41. The van der Waals surface area contributed by atoms with Gasteiger partial charge >= 0.3 is 0 Å². The van der Waals surface area contributed by atoms with Crippen molar-refractivity contribution < 1.29 is 9.84 Å². The maximum absolute atomic E-state index is 9.64. The summed E-state index contributed by atoms with van der Waals surface area (Å²) in [5.41, 5.74) is 3.51. The molecule has 4 rings (SSSR count). The lowest BCUT2D eigenvalue weighted by molar-refractivity contribution is 0.0484. The van der Waals surface area contributed by atoms with Crippen molar-refractivity contribution in [1.29, 1.82) is 0 Å². The molecule has 0 spiro atoms. The van der Waals surface area contributed by atoms with Gasteiger partial charge in [-0.2, -0.15) is 0 Å². The molecule has 0 bridgehead atoms. The Bertz CT molecular complexity index is 953. The number of hydrogen-bond donors (Lipinski definition) is 1. The Hall–Kier alpha value is -2.41. The van der Waals surface area contributed by atoms with Crippen LogP contribution in [0.4, 0.5) is 0 Å². The normalized spacial score (nSPS) is 18.2. The SMILES string of the molecule is CCOc1ccc(CN2CCN(Cc3nc4ccccc4n3C)CC2CCO)cc1. The molecular weight excluding hydrogens is 376 g/mol. The first-order valence-corrected chi connectivity index (χ1v) is 10.9. The van der Waals surface area contributed by atoms with Gasteiger partial charge in [0.05, 0.1) is 24.2 Å². The van der Waals surface area contributed by atoms with Crippen LogP contribution in [0.2, 0.25) is 0 Å². The highest BCUT2D eigenvalue weighted by Gasteiger charge is 2.27. The summed E-state index contributed by atoms with van der Waals surface area (Å²) in [5.74, 6) is 2.01. The number of rotatable bonds is 8. The molecule has 1 fully saturated rings. The number of aliphatic hydroxyl groups is 1. The zero-order valence-electron chi connectivity index (χ0n) is 18.0. The standard InChI is InChI=1S/C24H32N4O2/c1-3-30-21-10-8-19(9-11-21)16-28-14-13-27(17-20(28)12-15-29)18-24-25-22-6-4-5-7-23(22)26(24)2/h4-11,20,29H,3,12-18H2,1-2H3. The topological polar surface area (TPSA) is 53.8 Å². The number of aromatic nitrogens is 2. The van der Waals surface area contributed by atoms with E-state index in [0.29, 0.717) is 12.6 Å². The molecule has 6 nitrogen and oxygen atoms in total. The van der Waals surface area contributed by atoms with Gasteiger partial charge in [-0.25, -0.2) is 4.98 Å². The molecule has 0 saturated carbocycles. The molecule has 0 radical (unpaired) electrons. The van der Waals surface area contributed by atoms with E-state index >= 15 is 0 Å². The molecular formula is C24H32N4O2. The van der Waals surface area contributed by atoms with Gasteiger partial charge in [-0.15, -0.1) is 0 Å². The lowest BCUT2D eigenvalue weighted by atomic mass is 10.1. The fraction of sp³-hybridized carbons (Fsp3) is 0.458. The molecule has 1 N–H and O–H groups in total. The van der Waals surface area contributed by atoms with Crippen LogP contribution in [0.5, 0.6) is 5.75 Å². The van der Waals surface area contributed by atoms with Crippen molar-refractivity contribution >= 4 is 11.0 Å². The van der Waals surface area contributed by atoms with Crippen molar-refractivity contribution in [3.05, 3.63) is 59.9 Å². The lowest BCUT2D eigenvalue weighted by Gasteiger charge is -2.41. The van der Waals surface area contributed by atoms with Gasteiger partial charge < -0.3 is 14.4 Å². The van der Waals surface area contributed by atoms with Crippen LogP contribution < -0.4 is 4.74 Å². The van der Waals surface area contributed by atoms with Gasteiger partial charge in [0.25, 0.3) is 0 Å². The van der Waals surface area contributed by atoms with Gasteiger partial charge in [0.1, 0.15) is 11.6 Å². The maximum Gasteiger partial charge on any atom is 0.123 e. The van der Waals surface area contributed by atoms with Gasteiger partial charge in [0.2, 0.25) is 0 Å². The van der Waals surface area contributed by atoms with Gasteiger partial charge in [-0.05, 0) is 43.2 Å². The number of aryl methyl sites for hydroxylation is 1. The van der Waals surface area contributed by atoms with E-state index in [0.717, 1.165) is 56.2 Å². The monoisotopic (exact) mass is 408 g/mol. The lowest BCUT2D eigenvalue weighted by Crippen LogP contribution is -2.52. The Morgan fingerprint density at radius 1 is 1.07 bits per heavy atom. The largest absolute Gasteiger partial charge is 0.494 e. The molecule has 1 aromatic heterocycles. The number of piperazine rings is 1. The van der Waals surface area contributed by atoms with E-state index in [1.54, 1.807) is 0 Å². The number of imidazole rings is 1. The summed E-state index contributed by atoms with van der Waals surface area (Å²) in [5, 5.41) is 9.64. The zero-order valence-corrected chi connectivity index (χ0v) is 18.0. The first-order valence-electron chi connectivity index (χ1n) is 10.9. The van der Waals surface area contributed by atoms with Gasteiger partial charge in [0.15, 0.2) is 0 Å². The minimum Gasteiger partial charge on any atom is -0.494 e. The summed E-state index contributed by atoms with van der Waals surface area (Å²) >= 11 is 0. The van der Waals surface area contributed by atoms with Gasteiger partial charge in [-0.1, -0.05) is 24.3 Å². The Morgan fingerprint density at radius 3 is 2.60 bits per heavy atom. The Kier molecular flexibility index (Phi) is 6.67. The average Bonchev–Trinajstić information content (AvgIpc) is 3.07. The molecule has 3 aromatic rings. The third kappa shape index (κ3) is 4.67. The molecule has 1 atom stereocenters. The second-order valence-corrected chi connectivity index (χ2v) is 8.02. The summed E-state index contributed by atoms with van der Waals surface area (Å²) in [7, 11) is 2.10. The van der Waals surface area contributed by atoms with Crippen LogP contribution in [0.15, 0.2) is 48.5 Å². The van der Waals surface area contributed by atoms with Crippen LogP contribution >= 0.6 is 0 Å². The fourth-order valence-corrected chi connectivity index (χ4v) is 4.36. The molecule has 1 saturated heterocycles. The van der Waals surface area contributed by atoms with E-state index in [9.17, 15) is 5.11 Å². The summed E-state index contributed by atoms with van der Waals surface area (Å²) in [6, 6.07) is 17.0. The van der Waals surface area contributed by atoms with E-state index in [2.05, 4.69) is 51.7 Å². The van der Waals surface area contributed by atoms with Crippen LogP contribution in [0.25, 0.3) is 11.0 Å². The van der Waals surface area contributed by atoms with Crippen molar-refractivity contribution in [1.82, 2.24) is 19.4 Å². The molecule has 0 amide bonds. The van der Waals surface area contributed by atoms with E-state index in [1.807, 2.05) is 25.1 Å². The van der Waals surface area contributed by atoms with Crippen LogP contribution in [-0.2, 0) is 20.1 Å². The Labute approximate surface area is 178 Å². The minimum absolute atomic E-state index is 0.213. The number of benzene rings is 2. The zero-order chi connectivity index (χ0) is 20.9.